The zero-order valence-electron chi connectivity index (χ0n) is 11.3. The van der Waals surface area contributed by atoms with Gasteiger partial charge in [0.1, 0.15) is 0 Å². The first-order valence-electron chi connectivity index (χ1n) is 6.41. The number of rotatable bonds is 1. The molecule has 20 heavy (non-hydrogen) atoms. The minimum absolute atomic E-state index is 0.0274. The van der Waals surface area contributed by atoms with Crippen molar-refractivity contribution in [2.45, 2.75) is 26.7 Å². The largest absolute Gasteiger partial charge is 0.397 e. The Labute approximate surface area is 121 Å². The molecule has 3 rings (SSSR count). The second-order valence-corrected chi connectivity index (χ2v) is 5.39. The molecule has 1 aromatic carbocycles. The molecule has 6 heteroatoms. The van der Waals surface area contributed by atoms with Crippen LogP contribution in [0.1, 0.15) is 23.4 Å². The number of carbonyl (C=O) groups excluding carboxylic acids is 1. The van der Waals surface area contributed by atoms with E-state index >= 15 is 0 Å². The van der Waals surface area contributed by atoms with Gasteiger partial charge >= 0.3 is 0 Å². The van der Waals surface area contributed by atoms with Crippen LogP contribution >= 0.6 is 11.6 Å². The second-order valence-electron chi connectivity index (χ2n) is 5.01. The molecule has 104 valence electrons. The number of nitrogen functional groups attached to an aromatic ring is 1. The minimum atomic E-state index is 0.0274. The van der Waals surface area contributed by atoms with Gasteiger partial charge in [0, 0.05) is 12.1 Å². The van der Waals surface area contributed by atoms with Gasteiger partial charge in [-0.25, -0.2) is 4.68 Å². The first-order chi connectivity index (χ1) is 9.47. The van der Waals surface area contributed by atoms with Crippen LogP contribution in [0.25, 0.3) is 5.69 Å². The third kappa shape index (κ3) is 1.94. The SMILES string of the molecule is Cc1nn(-c2cc3c(cc2N)CCC(=O)N3)c(C)c1Cl. The Hall–Kier alpha value is -2.01. The van der Waals surface area contributed by atoms with Crippen LogP contribution in [0.4, 0.5) is 11.4 Å². The summed E-state index contributed by atoms with van der Waals surface area (Å²) in [6.07, 6.45) is 1.21. The van der Waals surface area contributed by atoms with Gasteiger partial charge in [0.05, 0.1) is 27.8 Å². The van der Waals surface area contributed by atoms with E-state index in [0.29, 0.717) is 23.6 Å². The molecular formula is C14H15ClN4O. The summed E-state index contributed by atoms with van der Waals surface area (Å²) >= 11 is 6.17. The van der Waals surface area contributed by atoms with Gasteiger partial charge in [-0.2, -0.15) is 5.10 Å². The zero-order valence-corrected chi connectivity index (χ0v) is 12.1. The van der Waals surface area contributed by atoms with E-state index in [1.54, 1.807) is 4.68 Å². The topological polar surface area (TPSA) is 72.9 Å². The van der Waals surface area contributed by atoms with Crippen LogP contribution in [0.15, 0.2) is 12.1 Å². The van der Waals surface area contributed by atoms with Crippen molar-refractivity contribution in [3.05, 3.63) is 34.1 Å². The summed E-state index contributed by atoms with van der Waals surface area (Å²) < 4.78 is 1.72. The smallest absolute Gasteiger partial charge is 0.224 e. The summed E-state index contributed by atoms with van der Waals surface area (Å²) in [5, 5.41) is 7.90. The molecule has 0 spiro atoms. The average Bonchev–Trinajstić information content (AvgIpc) is 2.66. The molecular weight excluding hydrogens is 276 g/mol. The maximum atomic E-state index is 11.5. The van der Waals surface area contributed by atoms with E-state index < -0.39 is 0 Å². The Morgan fingerprint density at radius 1 is 1.35 bits per heavy atom. The van der Waals surface area contributed by atoms with Crippen molar-refractivity contribution in [2.75, 3.05) is 11.1 Å². The lowest BCUT2D eigenvalue weighted by Crippen LogP contribution is -2.20. The second kappa shape index (κ2) is 4.52. The summed E-state index contributed by atoms with van der Waals surface area (Å²) in [6.45, 7) is 3.74. The van der Waals surface area contributed by atoms with Crippen LogP contribution in [0.2, 0.25) is 5.02 Å². The molecule has 0 fully saturated rings. The normalized spacial score (nSPS) is 14.1. The fourth-order valence-electron chi connectivity index (χ4n) is 2.48. The summed E-state index contributed by atoms with van der Waals surface area (Å²) in [4.78, 5) is 11.5. The number of anilines is 2. The molecule has 0 bridgehead atoms. The fourth-order valence-corrected chi connectivity index (χ4v) is 2.60. The third-order valence-corrected chi connectivity index (χ3v) is 4.13. The Kier molecular flexibility index (Phi) is 2.94. The number of nitrogens with zero attached hydrogens (tertiary/aromatic N) is 2. The van der Waals surface area contributed by atoms with Crippen LogP contribution in [0.5, 0.6) is 0 Å². The summed E-state index contributed by atoms with van der Waals surface area (Å²) in [5.74, 6) is 0.0274. The highest BCUT2D eigenvalue weighted by molar-refractivity contribution is 6.31. The monoisotopic (exact) mass is 290 g/mol. The summed E-state index contributed by atoms with van der Waals surface area (Å²) in [7, 11) is 0. The number of nitrogens with two attached hydrogens (primary N) is 1. The van der Waals surface area contributed by atoms with Gasteiger partial charge in [-0.15, -0.1) is 0 Å². The predicted molar refractivity (Wildman–Crippen MR) is 79.4 cm³/mol. The third-order valence-electron chi connectivity index (χ3n) is 3.58. The number of hydrogen-bond donors (Lipinski definition) is 2. The van der Waals surface area contributed by atoms with E-state index in [9.17, 15) is 4.79 Å². The van der Waals surface area contributed by atoms with Gasteiger partial charge in [-0.1, -0.05) is 11.6 Å². The lowest BCUT2D eigenvalue weighted by Gasteiger charge is -2.19. The van der Waals surface area contributed by atoms with Gasteiger partial charge < -0.3 is 11.1 Å². The number of hydrogen-bond acceptors (Lipinski definition) is 3. The number of aryl methyl sites for hydroxylation is 2. The fraction of sp³-hybridized carbons (Fsp3) is 0.286. The molecule has 3 N–H and O–H groups in total. The van der Waals surface area contributed by atoms with Crippen LogP contribution in [0.3, 0.4) is 0 Å². The van der Waals surface area contributed by atoms with Gasteiger partial charge in [0.15, 0.2) is 0 Å². The van der Waals surface area contributed by atoms with E-state index in [0.717, 1.165) is 28.3 Å². The maximum absolute atomic E-state index is 11.5. The Morgan fingerprint density at radius 3 is 2.75 bits per heavy atom. The van der Waals surface area contributed by atoms with Crippen molar-refractivity contribution in [3.63, 3.8) is 0 Å². The highest BCUT2D eigenvalue weighted by atomic mass is 35.5. The first-order valence-corrected chi connectivity index (χ1v) is 6.79. The first kappa shape index (κ1) is 13.0. The van der Waals surface area contributed by atoms with Crippen molar-refractivity contribution >= 4 is 28.9 Å². The van der Waals surface area contributed by atoms with Gasteiger partial charge in [-0.3, -0.25) is 4.79 Å². The molecule has 0 saturated heterocycles. The number of fused-ring (bicyclic) bond motifs is 1. The number of halogens is 1. The van der Waals surface area contributed by atoms with Crippen molar-refractivity contribution in [3.8, 4) is 5.69 Å². The number of amides is 1. The predicted octanol–water partition coefficient (Wildman–Crippen LogP) is 2.61. The van der Waals surface area contributed by atoms with Crippen LogP contribution < -0.4 is 11.1 Å². The van der Waals surface area contributed by atoms with Gasteiger partial charge in [0.25, 0.3) is 0 Å². The molecule has 0 unspecified atom stereocenters. The summed E-state index contributed by atoms with van der Waals surface area (Å²) in [5.41, 5.74) is 10.9. The minimum Gasteiger partial charge on any atom is -0.397 e. The van der Waals surface area contributed by atoms with E-state index in [2.05, 4.69) is 10.4 Å². The highest BCUT2D eigenvalue weighted by Crippen LogP contribution is 2.32. The molecule has 1 aliphatic heterocycles. The molecule has 0 atom stereocenters. The van der Waals surface area contributed by atoms with Crippen molar-refractivity contribution in [2.24, 2.45) is 0 Å². The Morgan fingerprint density at radius 2 is 2.10 bits per heavy atom. The number of carbonyl (C=O) groups is 1. The molecule has 2 heterocycles. The van der Waals surface area contributed by atoms with E-state index in [4.69, 9.17) is 17.3 Å². The molecule has 0 aliphatic carbocycles. The zero-order chi connectivity index (χ0) is 14.4. The van der Waals surface area contributed by atoms with Crippen LogP contribution in [-0.4, -0.2) is 15.7 Å². The van der Waals surface area contributed by atoms with E-state index in [1.165, 1.54) is 0 Å². The van der Waals surface area contributed by atoms with E-state index in [-0.39, 0.29) is 5.91 Å². The van der Waals surface area contributed by atoms with E-state index in [1.807, 2.05) is 26.0 Å². The van der Waals surface area contributed by atoms with Crippen molar-refractivity contribution in [1.29, 1.82) is 0 Å². The molecule has 1 amide bonds. The standard InChI is InChI=1S/C14H15ClN4O/c1-7-14(15)8(2)19(18-7)12-6-11-9(5-10(12)16)3-4-13(20)17-11/h5-6H,3-4,16H2,1-2H3,(H,17,20). The molecule has 1 aliphatic rings. The lowest BCUT2D eigenvalue weighted by molar-refractivity contribution is -0.116. The number of nitrogens with one attached hydrogen (secondary N) is 1. The Bertz CT molecular complexity index is 720. The molecule has 0 radical (unpaired) electrons. The summed E-state index contributed by atoms with van der Waals surface area (Å²) in [6, 6.07) is 3.76. The molecule has 1 aromatic heterocycles. The Balaban J connectivity index is 2.17. The van der Waals surface area contributed by atoms with Crippen LogP contribution in [0, 0.1) is 13.8 Å². The van der Waals surface area contributed by atoms with Crippen molar-refractivity contribution in [1.82, 2.24) is 9.78 Å². The number of benzene rings is 1. The van der Waals surface area contributed by atoms with Gasteiger partial charge in [0.2, 0.25) is 5.91 Å². The highest BCUT2D eigenvalue weighted by Gasteiger charge is 2.19. The maximum Gasteiger partial charge on any atom is 0.224 e. The molecule has 5 nitrogen and oxygen atoms in total. The quantitative estimate of drug-likeness (QED) is 0.793. The lowest BCUT2D eigenvalue weighted by atomic mass is 10.0. The van der Waals surface area contributed by atoms with Crippen LogP contribution in [-0.2, 0) is 11.2 Å². The number of aromatic nitrogens is 2. The average molecular weight is 291 g/mol. The molecule has 2 aromatic rings. The van der Waals surface area contributed by atoms with Gasteiger partial charge in [-0.05, 0) is 38.0 Å². The van der Waals surface area contributed by atoms with Crippen molar-refractivity contribution < 1.29 is 4.79 Å². The molecule has 0 saturated carbocycles.